The van der Waals surface area contributed by atoms with Crippen LogP contribution in [0.5, 0.6) is 0 Å². The van der Waals surface area contributed by atoms with Crippen molar-refractivity contribution in [1.29, 1.82) is 0 Å². The molecule has 4 nitrogen and oxygen atoms in total. The monoisotopic (exact) mass is 253 g/mol. The number of fused-ring (bicyclic) bond motifs is 2. The van der Waals surface area contributed by atoms with Crippen molar-refractivity contribution in [3.05, 3.63) is 0 Å². The number of ether oxygens (including phenoxy) is 1. The van der Waals surface area contributed by atoms with Gasteiger partial charge >= 0.3 is 0 Å². The topological polar surface area (TPSA) is 49.8 Å². The number of nitrogens with zero attached hydrogens (tertiary/aromatic N) is 1. The molecule has 102 valence electrons. The summed E-state index contributed by atoms with van der Waals surface area (Å²) in [4.78, 5) is 14.0. The maximum Gasteiger partial charge on any atom is 0.127 e. The Morgan fingerprint density at radius 3 is 2.39 bits per heavy atom. The van der Waals surface area contributed by atoms with E-state index in [0.717, 1.165) is 32.2 Å². The van der Waals surface area contributed by atoms with Gasteiger partial charge in [-0.1, -0.05) is 0 Å². The largest absolute Gasteiger partial charge is 0.393 e. The van der Waals surface area contributed by atoms with Crippen LogP contribution in [0.15, 0.2) is 0 Å². The summed E-state index contributed by atoms with van der Waals surface area (Å²) < 4.78 is 5.38. The molecule has 0 aromatic carbocycles. The molecule has 0 aromatic heterocycles. The van der Waals surface area contributed by atoms with Crippen LogP contribution in [0.1, 0.15) is 38.5 Å². The molecule has 2 bridgehead atoms. The second kappa shape index (κ2) is 4.91. The predicted molar refractivity (Wildman–Crippen MR) is 67.3 cm³/mol. The van der Waals surface area contributed by atoms with E-state index in [4.69, 9.17) is 4.74 Å². The summed E-state index contributed by atoms with van der Waals surface area (Å²) in [6.07, 6.45) is 6.91. The number of carbonyl (C=O) groups excluding carboxylic acids is 1. The number of aliphatic hydroxyl groups is 1. The third-order valence-electron chi connectivity index (χ3n) is 5.10. The van der Waals surface area contributed by atoms with E-state index in [1.807, 2.05) is 0 Å². The first-order valence-electron chi connectivity index (χ1n) is 7.20. The van der Waals surface area contributed by atoms with Crippen LogP contribution in [0.3, 0.4) is 0 Å². The number of aliphatic hydroxyl groups excluding tert-OH is 1. The molecule has 0 saturated carbocycles. The average Bonchev–Trinajstić information content (AvgIpc) is 2.62. The molecule has 3 saturated heterocycles. The molecule has 0 amide bonds. The highest BCUT2D eigenvalue weighted by Crippen LogP contribution is 2.39. The minimum atomic E-state index is -0.193. The molecule has 0 spiro atoms. The third-order valence-corrected chi connectivity index (χ3v) is 5.10. The van der Waals surface area contributed by atoms with Gasteiger partial charge in [-0.15, -0.1) is 0 Å². The van der Waals surface area contributed by atoms with E-state index in [1.165, 1.54) is 19.1 Å². The van der Waals surface area contributed by atoms with Gasteiger partial charge in [-0.05, 0) is 38.5 Å². The van der Waals surface area contributed by atoms with Crippen LogP contribution in [0.25, 0.3) is 0 Å². The molecule has 3 fully saturated rings. The molecule has 3 rings (SSSR count). The maximum atomic E-state index is 11.5. The second-order valence-corrected chi connectivity index (χ2v) is 6.28. The molecule has 3 aliphatic heterocycles. The summed E-state index contributed by atoms with van der Waals surface area (Å²) in [6.45, 7) is 2.30. The highest BCUT2D eigenvalue weighted by Gasteiger charge is 2.44. The summed E-state index contributed by atoms with van der Waals surface area (Å²) >= 11 is 0. The summed E-state index contributed by atoms with van der Waals surface area (Å²) in [5.41, 5.74) is -0.193. The van der Waals surface area contributed by atoms with Gasteiger partial charge < -0.3 is 14.6 Å². The van der Waals surface area contributed by atoms with Crippen LogP contribution in [-0.2, 0) is 9.53 Å². The van der Waals surface area contributed by atoms with Gasteiger partial charge in [0.15, 0.2) is 0 Å². The van der Waals surface area contributed by atoms with E-state index in [9.17, 15) is 9.90 Å². The number of rotatable bonds is 3. The number of hydrogen-bond acceptors (Lipinski definition) is 4. The summed E-state index contributed by atoms with van der Waals surface area (Å²) in [7, 11) is 0. The molecular weight excluding hydrogens is 230 g/mol. The zero-order chi connectivity index (χ0) is 12.6. The van der Waals surface area contributed by atoms with Crippen molar-refractivity contribution in [3.8, 4) is 0 Å². The summed E-state index contributed by atoms with van der Waals surface area (Å²) in [5, 5.41) is 9.82. The molecule has 4 heteroatoms. The Balaban J connectivity index is 1.70. The standard InChI is InChI=1S/C14H23NO3/c16-10-14(3-5-18-6-4-14)9-15-11-1-2-12(15)8-13(17)7-11/h10-13,17H,1-9H2. The molecule has 2 unspecified atom stereocenters. The quantitative estimate of drug-likeness (QED) is 0.761. The zero-order valence-corrected chi connectivity index (χ0v) is 10.9. The number of hydrogen-bond donors (Lipinski definition) is 1. The first-order chi connectivity index (χ1) is 8.72. The second-order valence-electron chi connectivity index (χ2n) is 6.28. The Kier molecular flexibility index (Phi) is 3.43. The highest BCUT2D eigenvalue weighted by atomic mass is 16.5. The van der Waals surface area contributed by atoms with Gasteiger partial charge in [-0.25, -0.2) is 0 Å². The van der Waals surface area contributed by atoms with Crippen LogP contribution in [0.2, 0.25) is 0 Å². The van der Waals surface area contributed by atoms with Gasteiger partial charge in [0, 0.05) is 37.3 Å². The first kappa shape index (κ1) is 12.6. The molecule has 0 aromatic rings. The van der Waals surface area contributed by atoms with Gasteiger partial charge in [-0.3, -0.25) is 4.90 Å². The van der Waals surface area contributed by atoms with Crippen molar-refractivity contribution in [3.63, 3.8) is 0 Å². The van der Waals surface area contributed by atoms with Crippen molar-refractivity contribution in [2.24, 2.45) is 5.41 Å². The first-order valence-corrected chi connectivity index (χ1v) is 7.20. The SMILES string of the molecule is O=CC1(CN2C3CCC2CC(O)C3)CCOCC1. The number of piperidine rings is 1. The van der Waals surface area contributed by atoms with Gasteiger partial charge in [0.2, 0.25) is 0 Å². The summed E-state index contributed by atoms with van der Waals surface area (Å²) in [6, 6.07) is 0.997. The lowest BCUT2D eigenvalue weighted by Gasteiger charge is -2.43. The van der Waals surface area contributed by atoms with Crippen molar-refractivity contribution < 1.29 is 14.6 Å². The van der Waals surface area contributed by atoms with Crippen LogP contribution < -0.4 is 0 Å². The fourth-order valence-electron chi connectivity index (χ4n) is 3.96. The lowest BCUT2D eigenvalue weighted by molar-refractivity contribution is -0.124. The molecule has 2 atom stereocenters. The Bertz CT molecular complexity index is 300. The predicted octanol–water partition coefficient (Wildman–Crippen LogP) is 0.970. The maximum absolute atomic E-state index is 11.5. The molecular formula is C14H23NO3. The minimum absolute atomic E-state index is 0.124. The highest BCUT2D eigenvalue weighted by molar-refractivity contribution is 5.60. The molecule has 18 heavy (non-hydrogen) atoms. The van der Waals surface area contributed by atoms with Crippen LogP contribution >= 0.6 is 0 Å². The van der Waals surface area contributed by atoms with Gasteiger partial charge in [0.25, 0.3) is 0 Å². The Hall–Kier alpha value is -0.450. The molecule has 0 radical (unpaired) electrons. The van der Waals surface area contributed by atoms with E-state index >= 15 is 0 Å². The third kappa shape index (κ3) is 2.22. The normalized spacial score (nSPS) is 39.7. The minimum Gasteiger partial charge on any atom is -0.393 e. The van der Waals surface area contributed by atoms with E-state index < -0.39 is 0 Å². The van der Waals surface area contributed by atoms with E-state index in [2.05, 4.69) is 4.90 Å². The Labute approximate surface area is 108 Å². The van der Waals surface area contributed by atoms with Gasteiger partial charge in [0.1, 0.15) is 6.29 Å². The lowest BCUT2D eigenvalue weighted by Crippen LogP contribution is -2.51. The fourth-order valence-corrected chi connectivity index (χ4v) is 3.96. The molecule has 1 N–H and O–H groups in total. The summed E-state index contributed by atoms with van der Waals surface area (Å²) in [5.74, 6) is 0. The zero-order valence-electron chi connectivity index (χ0n) is 10.9. The van der Waals surface area contributed by atoms with Crippen molar-refractivity contribution >= 4 is 6.29 Å². The van der Waals surface area contributed by atoms with Crippen LogP contribution in [-0.4, -0.2) is 54.2 Å². The Morgan fingerprint density at radius 1 is 1.22 bits per heavy atom. The van der Waals surface area contributed by atoms with E-state index in [1.54, 1.807) is 0 Å². The van der Waals surface area contributed by atoms with E-state index in [0.29, 0.717) is 25.3 Å². The number of aldehydes is 1. The van der Waals surface area contributed by atoms with Crippen molar-refractivity contribution in [2.75, 3.05) is 19.8 Å². The van der Waals surface area contributed by atoms with Gasteiger partial charge in [-0.2, -0.15) is 0 Å². The molecule has 3 aliphatic rings. The van der Waals surface area contributed by atoms with Crippen molar-refractivity contribution in [1.82, 2.24) is 4.90 Å². The Morgan fingerprint density at radius 2 is 1.83 bits per heavy atom. The van der Waals surface area contributed by atoms with Gasteiger partial charge in [0.05, 0.1) is 6.10 Å². The smallest absolute Gasteiger partial charge is 0.127 e. The van der Waals surface area contributed by atoms with Crippen molar-refractivity contribution in [2.45, 2.75) is 56.7 Å². The average molecular weight is 253 g/mol. The van der Waals surface area contributed by atoms with E-state index in [-0.39, 0.29) is 11.5 Å². The molecule has 0 aliphatic carbocycles. The fraction of sp³-hybridized carbons (Fsp3) is 0.929. The number of carbonyl (C=O) groups is 1. The van der Waals surface area contributed by atoms with Crippen LogP contribution in [0.4, 0.5) is 0 Å². The molecule has 3 heterocycles. The van der Waals surface area contributed by atoms with Crippen LogP contribution in [0, 0.1) is 5.41 Å². The lowest BCUT2D eigenvalue weighted by atomic mass is 9.80.